The molecule has 3 atom stereocenters. The summed E-state index contributed by atoms with van der Waals surface area (Å²) in [6.45, 7) is 5.12. The lowest BCUT2D eigenvalue weighted by atomic mass is 10.0. The SMILES string of the molecule is C[C@@H]1CN([C@@H](C)CO)S(=O)(=O)c2ccc(-c3ccncc3)cc2O[C@H]1CN(C)Cc1ccccc1. The van der Waals surface area contributed by atoms with Crippen molar-refractivity contribution in [3.8, 4) is 16.9 Å². The van der Waals surface area contributed by atoms with Gasteiger partial charge in [0.25, 0.3) is 0 Å². The standard InChI is InChI=1S/C27H33N3O4S/c1-20-16-30(21(2)19-31)35(32,33)27-10-9-24(23-11-13-28-14-12-23)15-25(27)34-26(20)18-29(3)17-22-7-5-4-6-8-22/h4-15,20-21,26,31H,16-19H2,1-3H3/t20-,21+,26+/m1/s1. The highest BCUT2D eigenvalue weighted by molar-refractivity contribution is 7.89. The monoisotopic (exact) mass is 495 g/mol. The van der Waals surface area contributed by atoms with E-state index in [1.165, 1.54) is 9.87 Å². The number of hydrogen-bond acceptors (Lipinski definition) is 6. The molecule has 1 aliphatic rings. The van der Waals surface area contributed by atoms with Gasteiger partial charge in [0.15, 0.2) is 0 Å². The van der Waals surface area contributed by atoms with Crippen LogP contribution in [-0.2, 0) is 16.6 Å². The van der Waals surface area contributed by atoms with Gasteiger partial charge in [-0.25, -0.2) is 8.42 Å². The Bertz CT molecular complexity index is 1220. The summed E-state index contributed by atoms with van der Waals surface area (Å²) in [5.74, 6) is 0.230. The second-order valence-electron chi connectivity index (χ2n) is 9.32. The fraction of sp³-hybridized carbons (Fsp3) is 0.370. The van der Waals surface area contributed by atoms with Gasteiger partial charge in [-0.2, -0.15) is 4.31 Å². The molecular formula is C27H33N3O4S. The largest absolute Gasteiger partial charge is 0.487 e. The van der Waals surface area contributed by atoms with Crippen LogP contribution in [0.4, 0.5) is 0 Å². The molecule has 7 nitrogen and oxygen atoms in total. The molecule has 0 fully saturated rings. The van der Waals surface area contributed by atoms with Gasteiger partial charge < -0.3 is 9.84 Å². The van der Waals surface area contributed by atoms with Crippen molar-refractivity contribution in [3.63, 3.8) is 0 Å². The molecule has 0 unspecified atom stereocenters. The van der Waals surface area contributed by atoms with Crippen molar-refractivity contribution in [1.82, 2.24) is 14.2 Å². The fourth-order valence-corrected chi connectivity index (χ4v) is 6.26. The van der Waals surface area contributed by atoms with Crippen molar-refractivity contribution in [3.05, 3.63) is 78.6 Å². The molecule has 1 aliphatic heterocycles. The minimum Gasteiger partial charge on any atom is -0.487 e. The molecule has 4 rings (SSSR count). The molecule has 0 amide bonds. The van der Waals surface area contributed by atoms with E-state index in [1.54, 1.807) is 37.5 Å². The number of fused-ring (bicyclic) bond motifs is 1. The van der Waals surface area contributed by atoms with Crippen molar-refractivity contribution in [2.45, 2.75) is 37.4 Å². The maximum atomic E-state index is 13.7. The summed E-state index contributed by atoms with van der Waals surface area (Å²) in [6, 6.07) is 18.6. The predicted octanol–water partition coefficient (Wildman–Crippen LogP) is 3.65. The zero-order valence-corrected chi connectivity index (χ0v) is 21.2. The maximum absolute atomic E-state index is 13.7. The number of nitrogens with zero attached hydrogens (tertiary/aromatic N) is 3. The van der Waals surface area contributed by atoms with Crippen molar-refractivity contribution in [2.75, 3.05) is 26.7 Å². The number of aliphatic hydroxyl groups excluding tert-OH is 1. The average Bonchev–Trinajstić information content (AvgIpc) is 2.86. The molecule has 0 bridgehead atoms. The summed E-state index contributed by atoms with van der Waals surface area (Å²) < 4.78 is 35.2. The quantitative estimate of drug-likeness (QED) is 0.539. The summed E-state index contributed by atoms with van der Waals surface area (Å²) in [6.07, 6.45) is 3.16. The molecule has 8 heteroatoms. The molecule has 3 aromatic rings. The molecule has 0 aliphatic carbocycles. The van der Waals surface area contributed by atoms with E-state index in [0.29, 0.717) is 12.3 Å². The first-order valence-corrected chi connectivity index (χ1v) is 13.3. The lowest BCUT2D eigenvalue weighted by Gasteiger charge is -2.37. The van der Waals surface area contributed by atoms with Crippen LogP contribution in [0.1, 0.15) is 19.4 Å². The molecule has 2 heterocycles. The molecule has 2 aromatic carbocycles. The van der Waals surface area contributed by atoms with Crippen molar-refractivity contribution in [2.24, 2.45) is 5.92 Å². The minimum absolute atomic E-state index is 0.102. The number of sulfonamides is 1. The Kier molecular flexibility index (Phi) is 7.86. The van der Waals surface area contributed by atoms with Crippen LogP contribution in [0.2, 0.25) is 0 Å². The van der Waals surface area contributed by atoms with E-state index in [9.17, 15) is 13.5 Å². The lowest BCUT2D eigenvalue weighted by Crippen LogP contribution is -2.49. The Hall–Kier alpha value is -2.78. The number of rotatable bonds is 7. The zero-order chi connectivity index (χ0) is 25.0. The molecule has 0 saturated carbocycles. The van der Waals surface area contributed by atoms with E-state index in [1.807, 2.05) is 44.3 Å². The van der Waals surface area contributed by atoms with Crippen LogP contribution in [0.5, 0.6) is 5.75 Å². The number of benzene rings is 2. The molecule has 186 valence electrons. The number of aromatic nitrogens is 1. The maximum Gasteiger partial charge on any atom is 0.247 e. The molecule has 35 heavy (non-hydrogen) atoms. The number of likely N-dealkylation sites (N-methyl/N-ethyl adjacent to an activating group) is 1. The normalized spacial score (nSPS) is 20.9. The molecular weight excluding hydrogens is 462 g/mol. The first kappa shape index (κ1) is 25.3. The third-order valence-electron chi connectivity index (χ3n) is 6.47. The van der Waals surface area contributed by atoms with Crippen LogP contribution in [0, 0.1) is 5.92 Å². The van der Waals surface area contributed by atoms with Gasteiger partial charge in [0.05, 0.1) is 6.61 Å². The average molecular weight is 496 g/mol. The molecule has 1 aromatic heterocycles. The van der Waals surface area contributed by atoms with E-state index in [2.05, 4.69) is 22.0 Å². The summed E-state index contributed by atoms with van der Waals surface area (Å²) >= 11 is 0. The van der Waals surface area contributed by atoms with Gasteiger partial charge in [-0.15, -0.1) is 0 Å². The van der Waals surface area contributed by atoms with Crippen molar-refractivity contribution < 1.29 is 18.3 Å². The van der Waals surface area contributed by atoms with Gasteiger partial charge in [-0.1, -0.05) is 43.3 Å². The van der Waals surface area contributed by atoms with Gasteiger partial charge in [0.1, 0.15) is 16.7 Å². The van der Waals surface area contributed by atoms with Crippen LogP contribution >= 0.6 is 0 Å². The highest BCUT2D eigenvalue weighted by atomic mass is 32.2. The van der Waals surface area contributed by atoms with E-state index in [4.69, 9.17) is 4.74 Å². The van der Waals surface area contributed by atoms with Crippen LogP contribution in [-0.4, -0.2) is 66.6 Å². The topological polar surface area (TPSA) is 83.0 Å². The Labute approximate surface area is 208 Å². The summed E-state index contributed by atoms with van der Waals surface area (Å²) in [5.41, 5.74) is 2.98. The fourth-order valence-electron chi connectivity index (χ4n) is 4.43. The van der Waals surface area contributed by atoms with Gasteiger partial charge in [0.2, 0.25) is 10.0 Å². The first-order valence-electron chi connectivity index (χ1n) is 11.9. The summed E-state index contributed by atoms with van der Waals surface area (Å²) in [4.78, 5) is 6.39. The second kappa shape index (κ2) is 10.9. The Morgan fingerprint density at radius 1 is 1.11 bits per heavy atom. The van der Waals surface area contributed by atoms with E-state index in [0.717, 1.165) is 17.7 Å². The van der Waals surface area contributed by atoms with Gasteiger partial charge in [-0.3, -0.25) is 9.88 Å². The van der Waals surface area contributed by atoms with Gasteiger partial charge in [-0.05, 0) is 54.9 Å². The van der Waals surface area contributed by atoms with E-state index in [-0.39, 0.29) is 30.1 Å². The number of ether oxygens (including phenoxy) is 1. The third-order valence-corrected chi connectivity index (χ3v) is 8.49. The summed E-state index contributed by atoms with van der Waals surface area (Å²) in [5, 5.41) is 9.83. The Morgan fingerprint density at radius 2 is 1.83 bits per heavy atom. The number of pyridine rings is 1. The first-order chi connectivity index (χ1) is 16.8. The lowest BCUT2D eigenvalue weighted by molar-refractivity contribution is 0.0734. The van der Waals surface area contributed by atoms with Crippen molar-refractivity contribution in [1.29, 1.82) is 0 Å². The minimum atomic E-state index is -3.86. The van der Waals surface area contributed by atoms with E-state index < -0.39 is 16.1 Å². The van der Waals surface area contributed by atoms with E-state index >= 15 is 0 Å². The number of hydrogen-bond donors (Lipinski definition) is 1. The smallest absolute Gasteiger partial charge is 0.247 e. The zero-order valence-electron chi connectivity index (χ0n) is 20.4. The van der Waals surface area contributed by atoms with Crippen molar-refractivity contribution >= 4 is 10.0 Å². The molecule has 1 N–H and O–H groups in total. The molecule has 0 radical (unpaired) electrons. The Morgan fingerprint density at radius 3 is 2.51 bits per heavy atom. The predicted molar refractivity (Wildman–Crippen MR) is 136 cm³/mol. The number of aliphatic hydroxyl groups is 1. The van der Waals surface area contributed by atoms with Crippen LogP contribution in [0.3, 0.4) is 0 Å². The highest BCUT2D eigenvalue weighted by Crippen LogP contribution is 2.36. The molecule has 0 saturated heterocycles. The highest BCUT2D eigenvalue weighted by Gasteiger charge is 2.38. The third kappa shape index (κ3) is 5.73. The molecule has 0 spiro atoms. The van der Waals surface area contributed by atoms with Crippen LogP contribution in [0.25, 0.3) is 11.1 Å². The summed E-state index contributed by atoms with van der Waals surface area (Å²) in [7, 11) is -1.82. The second-order valence-corrected chi connectivity index (χ2v) is 11.2. The van der Waals surface area contributed by atoms with Gasteiger partial charge >= 0.3 is 0 Å². The van der Waals surface area contributed by atoms with Crippen LogP contribution in [0.15, 0.2) is 78.0 Å². The van der Waals surface area contributed by atoms with Crippen LogP contribution < -0.4 is 4.74 Å². The van der Waals surface area contributed by atoms with Gasteiger partial charge in [0, 0.05) is 44.0 Å². The Balaban J connectivity index is 1.72.